The first-order valence-corrected chi connectivity index (χ1v) is 9.47. The number of benzene rings is 1. The van der Waals surface area contributed by atoms with Crippen LogP contribution in [0, 0.1) is 0 Å². The Kier molecular flexibility index (Phi) is 5.66. The van der Waals surface area contributed by atoms with E-state index in [2.05, 4.69) is 36.3 Å². The van der Waals surface area contributed by atoms with Crippen LogP contribution in [0.1, 0.15) is 47.1 Å². The summed E-state index contributed by atoms with van der Waals surface area (Å²) < 4.78 is 1.95. The number of nitrogens with zero attached hydrogens (tertiary/aromatic N) is 2. The maximum atomic E-state index is 12.7. The standard InChI is InChI=1S/C20H23N3OS/c1-3-9-17-18(25-20(22-17)23-12-7-8-13-23)19(24)21-14-15(2)16-10-5-4-6-11-16/h4-8,10-13,15H,3,9,14H2,1-2H3,(H,21,24)/t15-/m0/s1. The van der Waals surface area contributed by atoms with Crippen molar-refractivity contribution in [2.24, 2.45) is 0 Å². The number of nitrogens with one attached hydrogen (secondary N) is 1. The molecule has 3 aromatic rings. The van der Waals surface area contributed by atoms with E-state index in [1.807, 2.05) is 47.3 Å². The molecule has 1 N–H and O–H groups in total. The summed E-state index contributed by atoms with van der Waals surface area (Å²) in [4.78, 5) is 18.1. The van der Waals surface area contributed by atoms with Crippen molar-refractivity contribution in [1.29, 1.82) is 0 Å². The molecule has 0 spiro atoms. The second kappa shape index (κ2) is 8.12. The van der Waals surface area contributed by atoms with Crippen LogP contribution >= 0.6 is 11.3 Å². The molecule has 130 valence electrons. The zero-order valence-corrected chi connectivity index (χ0v) is 15.4. The minimum atomic E-state index is -0.0258. The molecular weight excluding hydrogens is 330 g/mol. The average Bonchev–Trinajstić information content (AvgIpc) is 3.30. The first-order valence-electron chi connectivity index (χ1n) is 8.65. The Hall–Kier alpha value is -2.40. The van der Waals surface area contributed by atoms with Gasteiger partial charge in [-0.15, -0.1) is 0 Å². The van der Waals surface area contributed by atoms with Gasteiger partial charge in [-0.2, -0.15) is 0 Å². The molecule has 0 saturated heterocycles. The maximum Gasteiger partial charge on any atom is 0.263 e. The predicted molar refractivity (Wildman–Crippen MR) is 103 cm³/mol. The summed E-state index contributed by atoms with van der Waals surface area (Å²) in [6.07, 6.45) is 5.69. The van der Waals surface area contributed by atoms with Crippen molar-refractivity contribution in [2.75, 3.05) is 6.54 Å². The van der Waals surface area contributed by atoms with E-state index in [1.165, 1.54) is 16.9 Å². The van der Waals surface area contributed by atoms with Crippen molar-refractivity contribution in [3.05, 3.63) is 71.0 Å². The van der Waals surface area contributed by atoms with Gasteiger partial charge in [-0.1, -0.05) is 61.9 Å². The van der Waals surface area contributed by atoms with Crippen molar-refractivity contribution < 1.29 is 4.79 Å². The number of hydrogen-bond acceptors (Lipinski definition) is 3. The number of hydrogen-bond donors (Lipinski definition) is 1. The van der Waals surface area contributed by atoms with Gasteiger partial charge < -0.3 is 9.88 Å². The van der Waals surface area contributed by atoms with Gasteiger partial charge >= 0.3 is 0 Å². The van der Waals surface area contributed by atoms with E-state index < -0.39 is 0 Å². The summed E-state index contributed by atoms with van der Waals surface area (Å²) in [6, 6.07) is 14.2. The zero-order chi connectivity index (χ0) is 17.6. The lowest BCUT2D eigenvalue weighted by Gasteiger charge is -2.12. The van der Waals surface area contributed by atoms with E-state index in [4.69, 9.17) is 0 Å². The van der Waals surface area contributed by atoms with E-state index in [9.17, 15) is 4.79 Å². The van der Waals surface area contributed by atoms with Gasteiger partial charge in [-0.25, -0.2) is 4.98 Å². The Labute approximate surface area is 152 Å². The molecule has 2 aromatic heterocycles. The van der Waals surface area contributed by atoms with E-state index >= 15 is 0 Å². The molecule has 25 heavy (non-hydrogen) atoms. The van der Waals surface area contributed by atoms with Crippen LogP contribution in [0.15, 0.2) is 54.9 Å². The highest BCUT2D eigenvalue weighted by Crippen LogP contribution is 2.24. The molecule has 0 radical (unpaired) electrons. The van der Waals surface area contributed by atoms with Gasteiger partial charge in [0.05, 0.1) is 5.69 Å². The monoisotopic (exact) mass is 353 g/mol. The summed E-state index contributed by atoms with van der Waals surface area (Å²) in [7, 11) is 0. The zero-order valence-electron chi connectivity index (χ0n) is 14.6. The largest absolute Gasteiger partial charge is 0.351 e. The second-order valence-corrected chi connectivity index (χ2v) is 7.11. The molecule has 0 fully saturated rings. The topological polar surface area (TPSA) is 46.9 Å². The summed E-state index contributed by atoms with van der Waals surface area (Å²) >= 11 is 1.45. The van der Waals surface area contributed by atoms with Crippen LogP contribution in [-0.4, -0.2) is 22.0 Å². The normalized spacial score (nSPS) is 12.1. The number of carbonyl (C=O) groups excluding carboxylic acids is 1. The molecule has 3 rings (SSSR count). The Balaban J connectivity index is 1.72. The summed E-state index contributed by atoms with van der Waals surface area (Å²) in [5.74, 6) is 0.249. The van der Waals surface area contributed by atoms with Crippen LogP contribution < -0.4 is 5.32 Å². The van der Waals surface area contributed by atoms with Gasteiger partial charge in [0.1, 0.15) is 4.88 Å². The number of amides is 1. The number of aromatic nitrogens is 2. The fourth-order valence-corrected chi connectivity index (χ4v) is 3.72. The van der Waals surface area contributed by atoms with Crippen molar-refractivity contribution in [3.63, 3.8) is 0 Å². The minimum Gasteiger partial charge on any atom is -0.351 e. The van der Waals surface area contributed by atoms with E-state index in [0.717, 1.165) is 28.5 Å². The van der Waals surface area contributed by atoms with Gasteiger partial charge in [0, 0.05) is 18.9 Å². The molecule has 0 aliphatic heterocycles. The van der Waals surface area contributed by atoms with Crippen LogP contribution in [0.4, 0.5) is 0 Å². The van der Waals surface area contributed by atoms with E-state index in [0.29, 0.717) is 6.54 Å². The van der Waals surface area contributed by atoms with E-state index in [-0.39, 0.29) is 11.8 Å². The van der Waals surface area contributed by atoms with Gasteiger partial charge in [0.2, 0.25) is 0 Å². The first kappa shape index (κ1) is 17.4. The molecular formula is C20H23N3OS. The fraction of sp³-hybridized carbons (Fsp3) is 0.300. The lowest BCUT2D eigenvalue weighted by Crippen LogP contribution is -2.27. The van der Waals surface area contributed by atoms with Crippen LogP contribution in [0.25, 0.3) is 5.13 Å². The second-order valence-electron chi connectivity index (χ2n) is 6.13. The number of thiazole rings is 1. The molecule has 0 aliphatic rings. The van der Waals surface area contributed by atoms with Crippen molar-refractivity contribution in [3.8, 4) is 5.13 Å². The highest BCUT2D eigenvalue weighted by Gasteiger charge is 2.19. The summed E-state index contributed by atoms with van der Waals surface area (Å²) in [5, 5.41) is 3.92. The average molecular weight is 353 g/mol. The Morgan fingerprint density at radius 1 is 1.20 bits per heavy atom. The lowest BCUT2D eigenvalue weighted by molar-refractivity contribution is 0.0954. The fourth-order valence-electron chi connectivity index (χ4n) is 2.72. The summed E-state index contributed by atoms with van der Waals surface area (Å²) in [6.45, 7) is 4.85. The molecule has 5 heteroatoms. The quantitative estimate of drug-likeness (QED) is 0.683. The van der Waals surface area contributed by atoms with Gasteiger partial charge in [0.25, 0.3) is 5.91 Å². The molecule has 1 atom stereocenters. The molecule has 2 heterocycles. The molecule has 0 unspecified atom stereocenters. The number of rotatable bonds is 7. The molecule has 0 bridgehead atoms. The molecule has 0 saturated carbocycles. The summed E-state index contributed by atoms with van der Waals surface area (Å²) in [5.41, 5.74) is 2.12. The Morgan fingerprint density at radius 2 is 1.92 bits per heavy atom. The first-order chi connectivity index (χ1) is 12.2. The minimum absolute atomic E-state index is 0.0258. The van der Waals surface area contributed by atoms with Crippen LogP contribution in [0.2, 0.25) is 0 Å². The smallest absolute Gasteiger partial charge is 0.263 e. The van der Waals surface area contributed by atoms with Crippen LogP contribution in [0.3, 0.4) is 0 Å². The number of carbonyl (C=O) groups is 1. The van der Waals surface area contributed by atoms with Gasteiger partial charge in [0.15, 0.2) is 5.13 Å². The molecule has 4 nitrogen and oxygen atoms in total. The molecule has 1 amide bonds. The maximum absolute atomic E-state index is 12.7. The third-order valence-corrected chi connectivity index (χ3v) is 5.25. The third kappa shape index (κ3) is 4.17. The molecule has 1 aromatic carbocycles. The molecule has 0 aliphatic carbocycles. The van der Waals surface area contributed by atoms with Crippen LogP contribution in [-0.2, 0) is 6.42 Å². The van der Waals surface area contributed by atoms with Crippen molar-refractivity contribution >= 4 is 17.2 Å². The third-order valence-electron chi connectivity index (χ3n) is 4.14. The van der Waals surface area contributed by atoms with Crippen molar-refractivity contribution in [1.82, 2.24) is 14.9 Å². The lowest BCUT2D eigenvalue weighted by atomic mass is 10.0. The number of aryl methyl sites for hydroxylation is 1. The highest BCUT2D eigenvalue weighted by molar-refractivity contribution is 7.16. The SMILES string of the molecule is CCCc1nc(-n2cccc2)sc1C(=O)NC[C@H](C)c1ccccc1. The van der Waals surface area contributed by atoms with Gasteiger partial charge in [-0.05, 0) is 30.0 Å². The van der Waals surface area contributed by atoms with E-state index in [1.54, 1.807) is 0 Å². The Bertz CT molecular complexity index is 809. The van der Waals surface area contributed by atoms with Crippen LogP contribution in [0.5, 0.6) is 0 Å². The predicted octanol–water partition coefficient (Wildman–Crippen LogP) is 4.42. The highest BCUT2D eigenvalue weighted by atomic mass is 32.1. The van der Waals surface area contributed by atoms with Crippen molar-refractivity contribution in [2.45, 2.75) is 32.6 Å². The van der Waals surface area contributed by atoms with Gasteiger partial charge in [-0.3, -0.25) is 4.79 Å². The Morgan fingerprint density at radius 3 is 2.60 bits per heavy atom.